The summed E-state index contributed by atoms with van der Waals surface area (Å²) in [5.41, 5.74) is 0.959. The molecule has 0 radical (unpaired) electrons. The van der Waals surface area contributed by atoms with E-state index >= 15 is 0 Å². The topological polar surface area (TPSA) is 59.0 Å². The molecule has 0 aliphatic rings. The molecular formula is C13H24N4O. The molecule has 0 aliphatic carbocycles. The Balaban J connectivity index is 2.36. The highest BCUT2D eigenvalue weighted by atomic mass is 16.1. The number of carbonyl (C=O) groups is 1. The van der Waals surface area contributed by atoms with Crippen molar-refractivity contribution in [1.29, 1.82) is 0 Å². The van der Waals surface area contributed by atoms with Crippen LogP contribution in [0.3, 0.4) is 0 Å². The first-order valence-corrected chi connectivity index (χ1v) is 6.48. The molecule has 1 rings (SSSR count). The zero-order valence-electron chi connectivity index (χ0n) is 11.7. The summed E-state index contributed by atoms with van der Waals surface area (Å²) in [5, 5.41) is 6.18. The van der Waals surface area contributed by atoms with E-state index in [1.165, 1.54) is 0 Å². The van der Waals surface area contributed by atoms with Crippen molar-refractivity contribution < 1.29 is 4.79 Å². The monoisotopic (exact) mass is 252 g/mol. The average molecular weight is 252 g/mol. The number of hydrogen-bond donors (Lipinski definition) is 2. The quantitative estimate of drug-likeness (QED) is 0.765. The number of amides is 1. The molecule has 1 aromatic rings. The van der Waals surface area contributed by atoms with Crippen LogP contribution in [0.15, 0.2) is 12.5 Å². The number of rotatable bonds is 7. The molecule has 2 N–H and O–H groups in total. The van der Waals surface area contributed by atoms with E-state index in [4.69, 9.17) is 0 Å². The van der Waals surface area contributed by atoms with E-state index < -0.39 is 0 Å². The molecule has 5 heteroatoms. The van der Waals surface area contributed by atoms with Gasteiger partial charge in [0, 0.05) is 25.3 Å². The normalized spacial score (nSPS) is 11.2. The van der Waals surface area contributed by atoms with Crippen LogP contribution in [-0.2, 0) is 17.9 Å². The summed E-state index contributed by atoms with van der Waals surface area (Å²) in [6.45, 7) is 10.1. The SMILES string of the molecule is CC(C)CNC(=O)Cn1cnc(CNC(C)C)c1. The molecule has 5 nitrogen and oxygen atoms in total. The fourth-order valence-electron chi connectivity index (χ4n) is 1.43. The van der Waals surface area contributed by atoms with Crippen LogP contribution in [0, 0.1) is 5.92 Å². The molecule has 0 atom stereocenters. The largest absolute Gasteiger partial charge is 0.354 e. The second kappa shape index (κ2) is 7.16. The summed E-state index contributed by atoms with van der Waals surface area (Å²) in [5.74, 6) is 0.506. The van der Waals surface area contributed by atoms with Crippen molar-refractivity contribution in [3.05, 3.63) is 18.2 Å². The molecule has 0 fully saturated rings. The van der Waals surface area contributed by atoms with Crippen LogP contribution < -0.4 is 10.6 Å². The lowest BCUT2D eigenvalue weighted by Crippen LogP contribution is -2.30. The smallest absolute Gasteiger partial charge is 0.239 e. The third-order valence-corrected chi connectivity index (χ3v) is 2.41. The Morgan fingerprint density at radius 2 is 2.11 bits per heavy atom. The van der Waals surface area contributed by atoms with E-state index in [1.54, 1.807) is 6.33 Å². The second-order valence-electron chi connectivity index (χ2n) is 5.27. The van der Waals surface area contributed by atoms with Crippen molar-refractivity contribution in [3.8, 4) is 0 Å². The first kappa shape index (κ1) is 14.7. The molecule has 1 amide bonds. The fourth-order valence-corrected chi connectivity index (χ4v) is 1.43. The van der Waals surface area contributed by atoms with Gasteiger partial charge in [-0.2, -0.15) is 0 Å². The van der Waals surface area contributed by atoms with Crippen molar-refractivity contribution in [2.24, 2.45) is 5.92 Å². The van der Waals surface area contributed by atoms with E-state index in [-0.39, 0.29) is 5.91 Å². The van der Waals surface area contributed by atoms with Crippen molar-refractivity contribution in [2.45, 2.75) is 46.8 Å². The summed E-state index contributed by atoms with van der Waals surface area (Å²) in [6.07, 6.45) is 3.61. The number of nitrogens with zero attached hydrogens (tertiary/aromatic N) is 2. The van der Waals surface area contributed by atoms with Gasteiger partial charge in [-0.05, 0) is 5.92 Å². The Bertz CT molecular complexity index is 371. The molecule has 0 spiro atoms. The zero-order valence-corrected chi connectivity index (χ0v) is 11.7. The molecule has 0 bridgehead atoms. The van der Waals surface area contributed by atoms with Gasteiger partial charge in [-0.1, -0.05) is 27.7 Å². The number of imidazole rings is 1. The highest BCUT2D eigenvalue weighted by Crippen LogP contribution is 1.97. The van der Waals surface area contributed by atoms with Crippen molar-refractivity contribution in [2.75, 3.05) is 6.54 Å². The van der Waals surface area contributed by atoms with Gasteiger partial charge >= 0.3 is 0 Å². The van der Waals surface area contributed by atoms with Crippen LogP contribution in [0.5, 0.6) is 0 Å². The first-order valence-electron chi connectivity index (χ1n) is 6.48. The molecule has 0 unspecified atom stereocenters. The lowest BCUT2D eigenvalue weighted by Gasteiger charge is -2.07. The van der Waals surface area contributed by atoms with Gasteiger partial charge in [0.05, 0.1) is 12.0 Å². The lowest BCUT2D eigenvalue weighted by atomic mass is 10.2. The van der Waals surface area contributed by atoms with E-state index in [1.807, 2.05) is 10.8 Å². The predicted octanol–water partition coefficient (Wildman–Crippen LogP) is 1.15. The number of nitrogens with one attached hydrogen (secondary N) is 2. The number of aromatic nitrogens is 2. The molecule has 0 aromatic carbocycles. The van der Waals surface area contributed by atoms with E-state index in [0.29, 0.717) is 18.5 Å². The number of carbonyl (C=O) groups excluding carboxylic acids is 1. The Morgan fingerprint density at radius 3 is 2.72 bits per heavy atom. The molecule has 0 saturated carbocycles. The Kier molecular flexibility index (Phi) is 5.85. The van der Waals surface area contributed by atoms with Crippen molar-refractivity contribution in [1.82, 2.24) is 20.2 Å². The average Bonchev–Trinajstić information content (AvgIpc) is 2.71. The van der Waals surface area contributed by atoms with E-state index in [2.05, 4.69) is 43.3 Å². The van der Waals surface area contributed by atoms with Crippen LogP contribution in [0.4, 0.5) is 0 Å². The Morgan fingerprint density at radius 1 is 1.39 bits per heavy atom. The molecule has 102 valence electrons. The molecule has 18 heavy (non-hydrogen) atoms. The summed E-state index contributed by atoms with van der Waals surface area (Å²) >= 11 is 0. The Hall–Kier alpha value is -1.36. The first-order chi connectivity index (χ1) is 8.47. The van der Waals surface area contributed by atoms with Gasteiger partial charge in [-0.25, -0.2) is 4.98 Å². The van der Waals surface area contributed by atoms with E-state index in [9.17, 15) is 4.79 Å². The molecule has 1 heterocycles. The van der Waals surface area contributed by atoms with Gasteiger partial charge in [-0.3, -0.25) is 4.79 Å². The van der Waals surface area contributed by atoms with Crippen molar-refractivity contribution >= 4 is 5.91 Å². The molecule has 0 saturated heterocycles. The van der Waals surface area contributed by atoms with Crippen LogP contribution in [0.1, 0.15) is 33.4 Å². The van der Waals surface area contributed by atoms with Crippen LogP contribution in [0.2, 0.25) is 0 Å². The minimum absolute atomic E-state index is 0.0319. The third-order valence-electron chi connectivity index (χ3n) is 2.41. The molecule has 0 aliphatic heterocycles. The van der Waals surface area contributed by atoms with E-state index in [0.717, 1.165) is 18.8 Å². The summed E-state index contributed by atoms with van der Waals surface area (Å²) in [7, 11) is 0. The molecular weight excluding hydrogens is 228 g/mol. The second-order valence-corrected chi connectivity index (χ2v) is 5.27. The van der Waals surface area contributed by atoms with Gasteiger partial charge in [0.15, 0.2) is 0 Å². The van der Waals surface area contributed by atoms with Crippen LogP contribution in [-0.4, -0.2) is 28.0 Å². The highest BCUT2D eigenvalue weighted by Gasteiger charge is 2.05. The maximum absolute atomic E-state index is 11.6. The predicted molar refractivity (Wildman–Crippen MR) is 72.1 cm³/mol. The van der Waals surface area contributed by atoms with Crippen LogP contribution >= 0.6 is 0 Å². The summed E-state index contributed by atoms with van der Waals surface area (Å²) in [4.78, 5) is 15.9. The third kappa shape index (κ3) is 5.82. The standard InChI is InChI=1S/C13H24N4O/c1-10(2)5-15-13(18)8-17-7-12(16-9-17)6-14-11(3)4/h7,9-11,14H,5-6,8H2,1-4H3,(H,15,18). The highest BCUT2D eigenvalue weighted by molar-refractivity contribution is 5.75. The maximum Gasteiger partial charge on any atom is 0.239 e. The van der Waals surface area contributed by atoms with Crippen molar-refractivity contribution in [3.63, 3.8) is 0 Å². The van der Waals surface area contributed by atoms with Crippen LogP contribution in [0.25, 0.3) is 0 Å². The maximum atomic E-state index is 11.6. The number of hydrogen-bond acceptors (Lipinski definition) is 3. The summed E-state index contributed by atoms with van der Waals surface area (Å²) < 4.78 is 1.81. The minimum Gasteiger partial charge on any atom is -0.354 e. The Labute approximate surface area is 109 Å². The summed E-state index contributed by atoms with van der Waals surface area (Å²) in [6, 6.07) is 0.435. The van der Waals surface area contributed by atoms with Gasteiger partial charge in [0.2, 0.25) is 5.91 Å². The zero-order chi connectivity index (χ0) is 13.5. The van der Waals surface area contributed by atoms with Gasteiger partial charge in [0.1, 0.15) is 6.54 Å². The molecule has 1 aromatic heterocycles. The lowest BCUT2D eigenvalue weighted by molar-refractivity contribution is -0.121. The van der Waals surface area contributed by atoms with Gasteiger partial charge < -0.3 is 15.2 Å². The van der Waals surface area contributed by atoms with Gasteiger partial charge in [0.25, 0.3) is 0 Å². The van der Waals surface area contributed by atoms with Gasteiger partial charge in [-0.15, -0.1) is 0 Å². The minimum atomic E-state index is 0.0319. The fraction of sp³-hybridized carbons (Fsp3) is 0.692.